The Morgan fingerprint density at radius 1 is 1.36 bits per heavy atom. The average Bonchev–Trinajstić information content (AvgIpc) is 3.08. The third-order valence-electron chi connectivity index (χ3n) is 3.66. The molecule has 0 fully saturated rings. The minimum absolute atomic E-state index is 0.0974. The number of rotatable bonds is 5. The van der Waals surface area contributed by atoms with Gasteiger partial charge in [0.2, 0.25) is 5.91 Å². The number of thioether (sulfide) groups is 1. The normalized spacial score (nSPS) is 12.1. The Morgan fingerprint density at radius 2 is 2.12 bits per heavy atom. The Hall–Kier alpha value is -2.32. The number of amides is 1. The van der Waals surface area contributed by atoms with Crippen molar-refractivity contribution in [2.45, 2.75) is 17.3 Å². The first kappa shape index (κ1) is 17.5. The summed E-state index contributed by atoms with van der Waals surface area (Å²) in [5, 5.41) is 4.77. The number of anilines is 1. The lowest BCUT2D eigenvalue weighted by Gasteiger charge is -2.15. The summed E-state index contributed by atoms with van der Waals surface area (Å²) >= 11 is 2.62. The van der Waals surface area contributed by atoms with E-state index in [1.54, 1.807) is 33.2 Å². The van der Waals surface area contributed by atoms with E-state index >= 15 is 0 Å². The van der Waals surface area contributed by atoms with Gasteiger partial charge in [-0.3, -0.25) is 14.2 Å². The molecule has 130 valence electrons. The van der Waals surface area contributed by atoms with Crippen LogP contribution >= 0.6 is 23.1 Å². The molecule has 1 N–H and O–H groups in total. The highest BCUT2D eigenvalue weighted by atomic mass is 32.2. The average molecular weight is 375 g/mol. The van der Waals surface area contributed by atoms with Crippen molar-refractivity contribution in [2.75, 3.05) is 12.4 Å². The van der Waals surface area contributed by atoms with Gasteiger partial charge < -0.3 is 10.1 Å². The minimum atomic E-state index is -0.431. The monoisotopic (exact) mass is 375 g/mol. The van der Waals surface area contributed by atoms with Crippen molar-refractivity contribution >= 4 is 44.9 Å². The van der Waals surface area contributed by atoms with E-state index in [9.17, 15) is 9.59 Å². The molecule has 1 unspecified atom stereocenters. The van der Waals surface area contributed by atoms with Gasteiger partial charge in [0, 0.05) is 7.05 Å². The van der Waals surface area contributed by atoms with E-state index in [0.29, 0.717) is 26.8 Å². The summed E-state index contributed by atoms with van der Waals surface area (Å²) < 4.78 is 7.35. The van der Waals surface area contributed by atoms with Crippen LogP contribution in [0.1, 0.15) is 6.92 Å². The van der Waals surface area contributed by atoms with Crippen LogP contribution in [-0.4, -0.2) is 27.8 Å². The number of ether oxygens (including phenoxy) is 1. The van der Waals surface area contributed by atoms with Gasteiger partial charge in [-0.1, -0.05) is 23.9 Å². The van der Waals surface area contributed by atoms with Crippen LogP contribution < -0.4 is 15.6 Å². The zero-order valence-corrected chi connectivity index (χ0v) is 15.6. The van der Waals surface area contributed by atoms with Crippen molar-refractivity contribution in [1.29, 1.82) is 0 Å². The lowest BCUT2D eigenvalue weighted by molar-refractivity contribution is -0.115. The predicted molar refractivity (Wildman–Crippen MR) is 102 cm³/mol. The number of benzene rings is 1. The fourth-order valence-corrected chi connectivity index (χ4v) is 3.95. The van der Waals surface area contributed by atoms with Crippen LogP contribution in [0.5, 0.6) is 5.75 Å². The molecule has 3 aromatic rings. The molecule has 0 saturated carbocycles. The van der Waals surface area contributed by atoms with Crippen LogP contribution in [0.25, 0.3) is 10.2 Å². The summed E-state index contributed by atoms with van der Waals surface area (Å²) in [6.07, 6.45) is 0. The van der Waals surface area contributed by atoms with Crippen LogP contribution in [0, 0.1) is 0 Å². The summed E-state index contributed by atoms with van der Waals surface area (Å²) in [5.74, 6) is 0.410. The van der Waals surface area contributed by atoms with Gasteiger partial charge in [-0.25, -0.2) is 4.98 Å². The molecule has 0 bridgehead atoms. The molecule has 2 heterocycles. The van der Waals surface area contributed by atoms with E-state index in [2.05, 4.69) is 10.3 Å². The van der Waals surface area contributed by atoms with Crippen molar-refractivity contribution < 1.29 is 9.53 Å². The van der Waals surface area contributed by atoms with Crippen LogP contribution in [0.15, 0.2) is 45.7 Å². The number of hydrogen-bond acceptors (Lipinski definition) is 6. The molecular formula is C17H17N3O3S2. The standard InChI is InChI=1S/C17H17N3O3S2/c1-10(15(21)18-11-6-4-5-7-13(11)23-3)25-17-19-12-8-9-24-14(12)16(22)20(17)2/h4-10H,1-3H3,(H,18,21). The number of fused-ring (bicyclic) bond motifs is 1. The third kappa shape index (κ3) is 3.54. The summed E-state index contributed by atoms with van der Waals surface area (Å²) in [5.41, 5.74) is 1.17. The lowest BCUT2D eigenvalue weighted by atomic mass is 10.3. The topological polar surface area (TPSA) is 73.2 Å². The van der Waals surface area contributed by atoms with E-state index in [1.165, 1.54) is 27.7 Å². The van der Waals surface area contributed by atoms with Crippen molar-refractivity contribution in [3.05, 3.63) is 46.1 Å². The number of carbonyl (C=O) groups excluding carboxylic acids is 1. The molecule has 0 aliphatic heterocycles. The number of hydrogen-bond donors (Lipinski definition) is 1. The second-order valence-electron chi connectivity index (χ2n) is 5.34. The molecule has 25 heavy (non-hydrogen) atoms. The Labute approximate surface area is 152 Å². The molecule has 6 nitrogen and oxygen atoms in total. The van der Waals surface area contributed by atoms with Gasteiger partial charge in [0.25, 0.3) is 5.56 Å². The van der Waals surface area contributed by atoms with Crippen molar-refractivity contribution in [2.24, 2.45) is 7.05 Å². The molecule has 0 radical (unpaired) electrons. The molecule has 1 atom stereocenters. The van der Waals surface area contributed by atoms with Crippen molar-refractivity contribution in [3.8, 4) is 5.75 Å². The second kappa shape index (κ2) is 7.28. The molecule has 1 aromatic carbocycles. The molecule has 2 aromatic heterocycles. The molecule has 1 amide bonds. The SMILES string of the molecule is COc1ccccc1NC(=O)C(C)Sc1nc2ccsc2c(=O)n1C. The quantitative estimate of drug-likeness (QED) is 0.548. The number of methoxy groups -OCH3 is 1. The smallest absolute Gasteiger partial charge is 0.271 e. The van der Waals surface area contributed by atoms with Crippen molar-refractivity contribution in [1.82, 2.24) is 9.55 Å². The van der Waals surface area contributed by atoms with Crippen LogP contribution in [0.2, 0.25) is 0 Å². The Morgan fingerprint density at radius 3 is 2.88 bits per heavy atom. The van der Waals surface area contributed by atoms with Gasteiger partial charge in [-0.2, -0.15) is 0 Å². The molecule has 0 spiro atoms. The third-order valence-corrected chi connectivity index (χ3v) is 5.70. The lowest BCUT2D eigenvalue weighted by Crippen LogP contribution is -2.25. The summed E-state index contributed by atoms with van der Waals surface area (Å²) in [6, 6.07) is 9.03. The first-order valence-electron chi connectivity index (χ1n) is 7.56. The maximum atomic E-state index is 12.5. The maximum absolute atomic E-state index is 12.5. The van der Waals surface area contributed by atoms with Gasteiger partial charge in [0.05, 0.1) is 23.6 Å². The van der Waals surface area contributed by atoms with E-state index in [1.807, 2.05) is 23.6 Å². The zero-order chi connectivity index (χ0) is 18.0. The molecule has 0 saturated heterocycles. The number of aromatic nitrogens is 2. The first-order chi connectivity index (χ1) is 12.0. The fraction of sp³-hybridized carbons (Fsp3) is 0.235. The number of carbonyl (C=O) groups is 1. The summed E-state index contributed by atoms with van der Waals surface area (Å²) in [6.45, 7) is 1.78. The first-order valence-corrected chi connectivity index (χ1v) is 9.32. The summed E-state index contributed by atoms with van der Waals surface area (Å²) in [4.78, 5) is 29.3. The van der Waals surface area contributed by atoms with Gasteiger partial charge >= 0.3 is 0 Å². The minimum Gasteiger partial charge on any atom is -0.495 e. The number of para-hydroxylation sites is 2. The number of nitrogens with zero attached hydrogens (tertiary/aromatic N) is 2. The van der Waals surface area contributed by atoms with Crippen LogP contribution in [-0.2, 0) is 11.8 Å². The van der Waals surface area contributed by atoms with E-state index in [-0.39, 0.29) is 11.5 Å². The predicted octanol–water partition coefficient (Wildman–Crippen LogP) is 3.12. The fourth-order valence-electron chi connectivity index (χ4n) is 2.27. The molecule has 3 rings (SSSR count). The van der Waals surface area contributed by atoms with Crippen LogP contribution in [0.3, 0.4) is 0 Å². The molecular weight excluding hydrogens is 358 g/mol. The molecule has 0 aliphatic carbocycles. The highest BCUT2D eigenvalue weighted by Gasteiger charge is 2.19. The number of nitrogens with one attached hydrogen (secondary N) is 1. The maximum Gasteiger partial charge on any atom is 0.271 e. The van der Waals surface area contributed by atoms with Gasteiger partial charge in [-0.15, -0.1) is 11.3 Å². The number of thiophene rings is 1. The van der Waals surface area contributed by atoms with E-state index in [0.717, 1.165) is 0 Å². The van der Waals surface area contributed by atoms with Gasteiger partial charge in [0.1, 0.15) is 10.4 Å². The second-order valence-corrected chi connectivity index (χ2v) is 7.57. The summed E-state index contributed by atoms with van der Waals surface area (Å²) in [7, 11) is 3.22. The van der Waals surface area contributed by atoms with Crippen LogP contribution in [0.4, 0.5) is 5.69 Å². The van der Waals surface area contributed by atoms with E-state index < -0.39 is 5.25 Å². The van der Waals surface area contributed by atoms with Gasteiger partial charge in [-0.05, 0) is 30.5 Å². The highest BCUT2D eigenvalue weighted by Crippen LogP contribution is 2.27. The van der Waals surface area contributed by atoms with E-state index in [4.69, 9.17) is 4.74 Å². The Bertz CT molecular complexity index is 981. The largest absolute Gasteiger partial charge is 0.495 e. The van der Waals surface area contributed by atoms with Crippen molar-refractivity contribution in [3.63, 3.8) is 0 Å². The highest BCUT2D eigenvalue weighted by molar-refractivity contribution is 8.00. The Balaban J connectivity index is 1.80. The van der Waals surface area contributed by atoms with Gasteiger partial charge in [0.15, 0.2) is 5.16 Å². The zero-order valence-electron chi connectivity index (χ0n) is 14.0. The Kier molecular flexibility index (Phi) is 5.10. The molecule has 8 heteroatoms. The molecule has 0 aliphatic rings.